The number of hydrogen-bond donors (Lipinski definition) is 1. The minimum absolute atomic E-state index is 0.116. The van der Waals surface area contributed by atoms with Gasteiger partial charge in [0.25, 0.3) is 5.91 Å². The lowest BCUT2D eigenvalue weighted by molar-refractivity contribution is 0.103. The Bertz CT molecular complexity index is 828. The molecular weight excluding hydrogens is 272 g/mol. The second-order valence-corrected chi connectivity index (χ2v) is 5.17. The highest BCUT2D eigenvalue weighted by atomic mass is 32.1. The van der Waals surface area contributed by atoms with Gasteiger partial charge in [0.15, 0.2) is 0 Å². The molecule has 1 aromatic carbocycles. The number of carbonyl (C=O) groups excluding carboxylic acids is 1. The first-order chi connectivity index (χ1) is 9.74. The number of amides is 1. The first-order valence-electron chi connectivity index (χ1n) is 5.99. The molecule has 0 unspecified atom stereocenters. The molecule has 0 saturated heterocycles. The summed E-state index contributed by atoms with van der Waals surface area (Å²) < 4.78 is -0.116. The van der Waals surface area contributed by atoms with Crippen LogP contribution in [0.25, 0.3) is 10.8 Å². The van der Waals surface area contributed by atoms with E-state index in [1.54, 1.807) is 36.5 Å². The van der Waals surface area contributed by atoms with Crippen molar-refractivity contribution in [3.63, 3.8) is 0 Å². The molecule has 0 spiro atoms. The number of hydrogen-bond acceptors (Lipinski definition) is 4. The van der Waals surface area contributed by atoms with E-state index in [9.17, 15) is 9.59 Å². The zero-order valence-corrected chi connectivity index (χ0v) is 11.2. The van der Waals surface area contributed by atoms with E-state index in [-0.39, 0.29) is 10.6 Å². The zero-order valence-electron chi connectivity index (χ0n) is 10.4. The first kappa shape index (κ1) is 12.5. The summed E-state index contributed by atoms with van der Waals surface area (Å²) in [5, 5.41) is 4.07. The fourth-order valence-electron chi connectivity index (χ4n) is 1.86. The van der Waals surface area contributed by atoms with Crippen molar-refractivity contribution in [3.8, 4) is 0 Å². The second-order valence-electron chi connectivity index (χ2n) is 4.15. The number of fused-ring (bicyclic) bond motifs is 1. The molecule has 0 aliphatic carbocycles. The van der Waals surface area contributed by atoms with Crippen LogP contribution in [0.2, 0.25) is 0 Å². The first-order valence-corrected chi connectivity index (χ1v) is 6.81. The van der Waals surface area contributed by atoms with E-state index in [2.05, 4.69) is 10.3 Å². The molecule has 0 bridgehead atoms. The van der Waals surface area contributed by atoms with Crippen LogP contribution in [0, 0.1) is 0 Å². The van der Waals surface area contributed by atoms with Gasteiger partial charge in [0, 0.05) is 11.6 Å². The van der Waals surface area contributed by atoms with Gasteiger partial charge in [-0.1, -0.05) is 35.6 Å². The summed E-state index contributed by atoms with van der Waals surface area (Å²) in [5.74, 6) is 0.141. The number of rotatable bonds is 2. The Hall–Kier alpha value is -2.53. The minimum atomic E-state index is -0.323. The van der Waals surface area contributed by atoms with Crippen LogP contribution in [0.5, 0.6) is 0 Å². The van der Waals surface area contributed by atoms with Gasteiger partial charge in [-0.3, -0.25) is 9.59 Å². The average Bonchev–Trinajstić information content (AvgIpc) is 2.48. The van der Waals surface area contributed by atoms with Crippen molar-refractivity contribution in [2.24, 2.45) is 0 Å². The number of anilines is 1. The number of carbonyl (C=O) groups is 1. The molecule has 1 amide bonds. The predicted molar refractivity (Wildman–Crippen MR) is 80.3 cm³/mol. The Morgan fingerprint density at radius 3 is 2.70 bits per heavy atom. The van der Waals surface area contributed by atoms with Gasteiger partial charge in [-0.2, -0.15) is 0 Å². The number of aromatic nitrogens is 1. The number of nitrogens with zero attached hydrogens (tertiary/aromatic N) is 1. The van der Waals surface area contributed by atoms with Crippen LogP contribution in [0.4, 0.5) is 5.82 Å². The highest BCUT2D eigenvalue weighted by molar-refractivity contribution is 7.12. The van der Waals surface area contributed by atoms with E-state index in [4.69, 9.17) is 0 Å². The summed E-state index contributed by atoms with van der Waals surface area (Å²) in [6.45, 7) is 0. The van der Waals surface area contributed by atoms with Crippen molar-refractivity contribution in [1.29, 1.82) is 0 Å². The quantitative estimate of drug-likeness (QED) is 0.786. The van der Waals surface area contributed by atoms with Crippen LogP contribution in [0.3, 0.4) is 0 Å². The molecule has 2 aromatic heterocycles. The van der Waals surface area contributed by atoms with Crippen LogP contribution in [0.15, 0.2) is 59.5 Å². The molecule has 20 heavy (non-hydrogen) atoms. The van der Waals surface area contributed by atoms with Crippen molar-refractivity contribution in [2.75, 3.05) is 5.32 Å². The third kappa shape index (κ3) is 2.44. The lowest BCUT2D eigenvalue weighted by atomic mass is 10.2. The van der Waals surface area contributed by atoms with Crippen LogP contribution >= 0.6 is 11.3 Å². The lowest BCUT2D eigenvalue weighted by Crippen LogP contribution is -2.13. The monoisotopic (exact) mass is 282 g/mol. The van der Waals surface area contributed by atoms with Gasteiger partial charge < -0.3 is 5.32 Å². The largest absolute Gasteiger partial charge is 0.306 e. The summed E-state index contributed by atoms with van der Waals surface area (Å²) in [7, 11) is 0. The van der Waals surface area contributed by atoms with E-state index >= 15 is 0 Å². The van der Waals surface area contributed by atoms with Crippen molar-refractivity contribution < 1.29 is 4.79 Å². The third-order valence-corrected chi connectivity index (χ3v) is 3.73. The van der Waals surface area contributed by atoms with Gasteiger partial charge in [-0.15, -0.1) is 0 Å². The molecule has 2 heterocycles. The van der Waals surface area contributed by atoms with E-state index in [0.717, 1.165) is 16.7 Å². The maximum absolute atomic E-state index is 12.1. The van der Waals surface area contributed by atoms with Gasteiger partial charge in [0.1, 0.15) is 5.82 Å². The Morgan fingerprint density at radius 2 is 1.90 bits per heavy atom. The molecule has 0 atom stereocenters. The molecule has 3 rings (SSSR count). The highest BCUT2D eigenvalue weighted by Gasteiger charge is 2.10. The summed E-state index contributed by atoms with van der Waals surface area (Å²) in [6.07, 6.45) is 1.60. The van der Waals surface area contributed by atoms with Crippen LogP contribution in [0.1, 0.15) is 9.67 Å². The number of nitrogens with one attached hydrogen (secondary N) is 1. The molecule has 3 aromatic rings. The Labute approximate surface area is 118 Å². The summed E-state index contributed by atoms with van der Waals surface area (Å²) in [5.41, 5.74) is 0. The smallest absolute Gasteiger partial charge is 0.267 e. The van der Waals surface area contributed by atoms with Crippen LogP contribution in [-0.4, -0.2) is 10.9 Å². The topological polar surface area (TPSA) is 59.1 Å². The van der Waals surface area contributed by atoms with E-state index < -0.39 is 0 Å². The molecule has 0 radical (unpaired) electrons. The zero-order chi connectivity index (χ0) is 13.9. The Morgan fingerprint density at radius 1 is 1.10 bits per heavy atom. The van der Waals surface area contributed by atoms with E-state index in [0.29, 0.717) is 16.1 Å². The van der Waals surface area contributed by atoms with Gasteiger partial charge >= 0.3 is 0 Å². The molecule has 5 heteroatoms. The van der Waals surface area contributed by atoms with Crippen molar-refractivity contribution in [2.45, 2.75) is 0 Å². The van der Waals surface area contributed by atoms with Crippen molar-refractivity contribution in [3.05, 3.63) is 69.1 Å². The second kappa shape index (κ2) is 5.22. The molecule has 0 saturated carbocycles. The molecular formula is C15H10N2O2S. The van der Waals surface area contributed by atoms with Gasteiger partial charge in [0.05, 0.1) is 4.88 Å². The number of pyridine rings is 1. The van der Waals surface area contributed by atoms with Gasteiger partial charge in [-0.05, 0) is 29.7 Å². The summed E-state index contributed by atoms with van der Waals surface area (Å²) >= 11 is 0.939. The molecule has 0 fully saturated rings. The van der Waals surface area contributed by atoms with Gasteiger partial charge in [0.2, 0.25) is 4.74 Å². The Balaban J connectivity index is 1.98. The standard InChI is InChI=1S/C15H10N2O2S/c18-14(17-13-7-3-4-8-16-13)12-9-10-5-1-2-6-11(10)15(19)20-12/h1-9H,(H,16,17,18). The number of benzene rings is 1. The Kier molecular flexibility index (Phi) is 3.26. The molecule has 98 valence electrons. The molecule has 4 nitrogen and oxygen atoms in total. The van der Waals surface area contributed by atoms with E-state index in [1.165, 1.54) is 0 Å². The van der Waals surface area contributed by atoms with Crippen LogP contribution < -0.4 is 10.1 Å². The predicted octanol–water partition coefficient (Wildman–Crippen LogP) is 2.91. The minimum Gasteiger partial charge on any atom is -0.306 e. The lowest BCUT2D eigenvalue weighted by Gasteiger charge is -2.04. The molecule has 0 aliphatic rings. The summed E-state index contributed by atoms with van der Waals surface area (Å²) in [4.78, 5) is 28.5. The van der Waals surface area contributed by atoms with Crippen LogP contribution in [-0.2, 0) is 0 Å². The fraction of sp³-hybridized carbons (Fsp3) is 0. The maximum atomic E-state index is 12.1. The third-order valence-electron chi connectivity index (χ3n) is 2.80. The van der Waals surface area contributed by atoms with Gasteiger partial charge in [-0.25, -0.2) is 4.98 Å². The van der Waals surface area contributed by atoms with E-state index in [1.807, 2.05) is 18.2 Å². The van der Waals surface area contributed by atoms with Crippen molar-refractivity contribution >= 4 is 33.8 Å². The van der Waals surface area contributed by atoms with Crippen molar-refractivity contribution in [1.82, 2.24) is 4.98 Å². The normalized spacial score (nSPS) is 10.4. The molecule has 0 aliphatic heterocycles. The average molecular weight is 282 g/mol. The summed E-state index contributed by atoms with van der Waals surface area (Å²) in [6, 6.07) is 14.2. The maximum Gasteiger partial charge on any atom is 0.267 e. The highest BCUT2D eigenvalue weighted by Crippen LogP contribution is 2.16. The SMILES string of the molecule is O=C(Nc1ccccn1)c1cc2ccccc2c(=O)s1. The fourth-order valence-corrected chi connectivity index (χ4v) is 2.69. The molecule has 1 N–H and O–H groups in total.